The van der Waals surface area contributed by atoms with Crippen LogP contribution in [0, 0.1) is 5.92 Å². The molecule has 1 aromatic rings. The maximum atomic E-state index is 12.5. The van der Waals surface area contributed by atoms with Crippen LogP contribution in [0.25, 0.3) is 0 Å². The summed E-state index contributed by atoms with van der Waals surface area (Å²) in [6, 6.07) is 0.347. The predicted octanol–water partition coefficient (Wildman–Crippen LogP) is 1.79. The van der Waals surface area contributed by atoms with Crippen molar-refractivity contribution in [2.24, 2.45) is 5.92 Å². The molecule has 7 heteroatoms. The van der Waals surface area contributed by atoms with Crippen molar-refractivity contribution in [1.29, 1.82) is 0 Å². The number of anilines is 1. The van der Waals surface area contributed by atoms with Crippen LogP contribution in [0.3, 0.4) is 0 Å². The van der Waals surface area contributed by atoms with Crippen molar-refractivity contribution in [2.45, 2.75) is 63.6 Å². The van der Waals surface area contributed by atoms with Gasteiger partial charge in [0.1, 0.15) is 0 Å². The largest absolute Gasteiger partial charge is 0.376 e. The SMILES string of the molecule is O=C(Nc1cnn(CC2CCCO2)c1)C1CC(=O)N(C2CCCC2)C1. The summed E-state index contributed by atoms with van der Waals surface area (Å²) in [6.45, 7) is 2.09. The molecule has 7 nitrogen and oxygen atoms in total. The third kappa shape index (κ3) is 3.71. The van der Waals surface area contributed by atoms with Crippen molar-refractivity contribution in [1.82, 2.24) is 14.7 Å². The molecule has 2 aliphatic heterocycles. The van der Waals surface area contributed by atoms with Crippen LogP contribution < -0.4 is 5.32 Å². The second kappa shape index (κ2) is 7.15. The summed E-state index contributed by atoms with van der Waals surface area (Å²) in [5, 5.41) is 7.22. The molecule has 0 aromatic carbocycles. The van der Waals surface area contributed by atoms with E-state index in [9.17, 15) is 9.59 Å². The lowest BCUT2D eigenvalue weighted by atomic mass is 10.1. The lowest BCUT2D eigenvalue weighted by Crippen LogP contribution is -2.35. The van der Waals surface area contributed by atoms with Crippen LogP contribution in [0.2, 0.25) is 0 Å². The molecule has 1 aromatic heterocycles. The molecule has 1 N–H and O–H groups in total. The highest BCUT2D eigenvalue weighted by Crippen LogP contribution is 2.30. The van der Waals surface area contributed by atoms with Crippen molar-refractivity contribution in [2.75, 3.05) is 18.5 Å². The molecule has 1 saturated carbocycles. The summed E-state index contributed by atoms with van der Waals surface area (Å²) in [5.74, 6) is -0.207. The summed E-state index contributed by atoms with van der Waals surface area (Å²) in [5.41, 5.74) is 0.690. The zero-order chi connectivity index (χ0) is 17.2. The minimum absolute atomic E-state index is 0.0782. The first-order valence-corrected chi connectivity index (χ1v) is 9.43. The van der Waals surface area contributed by atoms with E-state index in [0.717, 1.165) is 32.3 Å². The Balaban J connectivity index is 1.31. The molecule has 25 heavy (non-hydrogen) atoms. The smallest absolute Gasteiger partial charge is 0.229 e. The molecule has 136 valence electrons. The van der Waals surface area contributed by atoms with E-state index in [4.69, 9.17) is 4.74 Å². The van der Waals surface area contributed by atoms with Crippen LogP contribution in [-0.4, -0.2) is 51.8 Å². The van der Waals surface area contributed by atoms with Crippen molar-refractivity contribution in [3.63, 3.8) is 0 Å². The quantitative estimate of drug-likeness (QED) is 0.882. The number of hydrogen-bond donors (Lipinski definition) is 1. The molecular weight excluding hydrogens is 320 g/mol. The summed E-state index contributed by atoms with van der Waals surface area (Å²) in [4.78, 5) is 26.7. The Bertz CT molecular complexity index is 632. The summed E-state index contributed by atoms with van der Waals surface area (Å²) >= 11 is 0. The van der Waals surface area contributed by atoms with E-state index < -0.39 is 0 Å². The lowest BCUT2D eigenvalue weighted by Gasteiger charge is -2.23. The third-order valence-corrected chi connectivity index (χ3v) is 5.61. The number of nitrogens with zero attached hydrogens (tertiary/aromatic N) is 3. The minimum atomic E-state index is -0.255. The van der Waals surface area contributed by atoms with E-state index in [0.29, 0.717) is 31.2 Å². The number of rotatable bonds is 5. The maximum absolute atomic E-state index is 12.5. The van der Waals surface area contributed by atoms with Crippen LogP contribution >= 0.6 is 0 Å². The van der Waals surface area contributed by atoms with E-state index in [1.165, 1.54) is 12.8 Å². The molecule has 2 unspecified atom stereocenters. The molecule has 0 spiro atoms. The molecule has 1 aliphatic carbocycles. The fourth-order valence-electron chi connectivity index (χ4n) is 4.25. The second-order valence-corrected chi connectivity index (χ2v) is 7.46. The topological polar surface area (TPSA) is 76.5 Å². The summed E-state index contributed by atoms with van der Waals surface area (Å²) in [7, 11) is 0. The first-order valence-electron chi connectivity index (χ1n) is 9.43. The Kier molecular flexibility index (Phi) is 4.74. The zero-order valence-corrected chi connectivity index (χ0v) is 14.5. The monoisotopic (exact) mass is 346 g/mol. The van der Waals surface area contributed by atoms with Gasteiger partial charge in [-0.3, -0.25) is 14.3 Å². The van der Waals surface area contributed by atoms with Gasteiger partial charge < -0.3 is 15.0 Å². The van der Waals surface area contributed by atoms with Gasteiger partial charge in [0.15, 0.2) is 0 Å². The van der Waals surface area contributed by atoms with Crippen molar-refractivity contribution >= 4 is 17.5 Å². The van der Waals surface area contributed by atoms with Crippen LogP contribution in [0.1, 0.15) is 44.9 Å². The van der Waals surface area contributed by atoms with Crippen molar-refractivity contribution in [3.05, 3.63) is 12.4 Å². The zero-order valence-electron chi connectivity index (χ0n) is 14.5. The lowest BCUT2D eigenvalue weighted by molar-refractivity contribution is -0.129. The van der Waals surface area contributed by atoms with E-state index in [-0.39, 0.29) is 23.8 Å². The van der Waals surface area contributed by atoms with E-state index in [1.807, 2.05) is 15.8 Å². The first kappa shape index (κ1) is 16.6. The summed E-state index contributed by atoms with van der Waals surface area (Å²) < 4.78 is 7.43. The van der Waals surface area contributed by atoms with Crippen LogP contribution in [0.15, 0.2) is 12.4 Å². The van der Waals surface area contributed by atoms with Gasteiger partial charge in [-0.2, -0.15) is 5.10 Å². The third-order valence-electron chi connectivity index (χ3n) is 5.61. The second-order valence-electron chi connectivity index (χ2n) is 7.46. The number of likely N-dealkylation sites (tertiary alicyclic amines) is 1. The van der Waals surface area contributed by atoms with Crippen molar-refractivity contribution in [3.8, 4) is 0 Å². The Hall–Kier alpha value is -1.89. The molecule has 0 radical (unpaired) electrons. The molecule has 2 saturated heterocycles. The first-order chi connectivity index (χ1) is 12.2. The average molecular weight is 346 g/mol. The molecule has 3 fully saturated rings. The van der Waals surface area contributed by atoms with Crippen LogP contribution in [-0.2, 0) is 20.9 Å². The molecule has 2 amide bonds. The highest BCUT2D eigenvalue weighted by Gasteiger charge is 2.38. The minimum Gasteiger partial charge on any atom is -0.376 e. The molecule has 3 aliphatic rings. The standard InChI is InChI=1S/C18H26N4O3/c23-17-8-13(10-22(17)15-4-1-2-5-15)18(24)20-14-9-19-21(11-14)12-16-6-3-7-25-16/h9,11,13,15-16H,1-8,10,12H2,(H,20,24). The van der Waals surface area contributed by atoms with E-state index in [1.54, 1.807) is 6.20 Å². The molecular formula is C18H26N4O3. The predicted molar refractivity (Wildman–Crippen MR) is 91.9 cm³/mol. The van der Waals surface area contributed by atoms with Gasteiger partial charge in [-0.05, 0) is 25.7 Å². The highest BCUT2D eigenvalue weighted by molar-refractivity contribution is 5.97. The van der Waals surface area contributed by atoms with Crippen molar-refractivity contribution < 1.29 is 14.3 Å². The fourth-order valence-corrected chi connectivity index (χ4v) is 4.25. The fraction of sp³-hybridized carbons (Fsp3) is 0.722. The van der Waals surface area contributed by atoms with Gasteiger partial charge in [0.2, 0.25) is 11.8 Å². The summed E-state index contributed by atoms with van der Waals surface area (Å²) in [6.07, 6.45) is 10.7. The average Bonchev–Trinajstić information content (AvgIpc) is 3.34. The van der Waals surface area contributed by atoms with Gasteiger partial charge in [0.05, 0.1) is 30.5 Å². The Labute approximate surface area is 147 Å². The highest BCUT2D eigenvalue weighted by atomic mass is 16.5. The molecule has 2 atom stereocenters. The number of hydrogen-bond acceptors (Lipinski definition) is 4. The van der Waals surface area contributed by atoms with Gasteiger partial charge in [-0.25, -0.2) is 0 Å². The van der Waals surface area contributed by atoms with Crippen LogP contribution in [0.5, 0.6) is 0 Å². The number of amides is 2. The Morgan fingerprint density at radius 3 is 2.88 bits per heavy atom. The van der Waals surface area contributed by atoms with Gasteiger partial charge in [0, 0.05) is 31.8 Å². The van der Waals surface area contributed by atoms with Gasteiger partial charge in [-0.1, -0.05) is 12.8 Å². The number of aromatic nitrogens is 2. The number of carbonyl (C=O) groups is 2. The Morgan fingerprint density at radius 1 is 1.28 bits per heavy atom. The number of nitrogens with one attached hydrogen (secondary N) is 1. The molecule has 3 heterocycles. The van der Waals surface area contributed by atoms with Gasteiger partial charge in [0.25, 0.3) is 0 Å². The normalized spacial score (nSPS) is 27.4. The van der Waals surface area contributed by atoms with E-state index in [2.05, 4.69) is 10.4 Å². The van der Waals surface area contributed by atoms with Gasteiger partial charge >= 0.3 is 0 Å². The number of ether oxygens (including phenoxy) is 1. The van der Waals surface area contributed by atoms with Gasteiger partial charge in [-0.15, -0.1) is 0 Å². The Morgan fingerprint density at radius 2 is 2.12 bits per heavy atom. The van der Waals surface area contributed by atoms with E-state index >= 15 is 0 Å². The van der Waals surface area contributed by atoms with Crippen LogP contribution in [0.4, 0.5) is 5.69 Å². The molecule has 0 bridgehead atoms. The maximum Gasteiger partial charge on any atom is 0.229 e. The number of carbonyl (C=O) groups excluding carboxylic acids is 2. The molecule has 4 rings (SSSR count).